The standard InChI is InChI=1S/C19H19ClFN3/c1-12(2)19-23-17(16-14(20)9-6-10-15(16)21)18(22)24(19)11-13-7-4-3-5-8-13/h3-10,12H,11,22H2,1-2H3. The predicted molar refractivity (Wildman–Crippen MR) is 96.7 cm³/mol. The van der Waals surface area contributed by atoms with Gasteiger partial charge in [0.1, 0.15) is 23.2 Å². The van der Waals surface area contributed by atoms with Crippen molar-refractivity contribution in [3.05, 3.63) is 70.8 Å². The molecule has 0 bridgehead atoms. The maximum absolute atomic E-state index is 14.3. The second-order valence-electron chi connectivity index (χ2n) is 6.03. The fourth-order valence-electron chi connectivity index (χ4n) is 2.76. The first-order chi connectivity index (χ1) is 11.5. The summed E-state index contributed by atoms with van der Waals surface area (Å²) >= 11 is 6.19. The summed E-state index contributed by atoms with van der Waals surface area (Å²) in [5, 5.41) is 0.307. The molecule has 0 aliphatic heterocycles. The normalized spacial score (nSPS) is 11.2. The van der Waals surface area contributed by atoms with E-state index in [0.717, 1.165) is 11.4 Å². The van der Waals surface area contributed by atoms with Crippen LogP contribution in [0.5, 0.6) is 0 Å². The molecular formula is C19H19ClFN3. The molecule has 2 N–H and O–H groups in total. The number of nitrogen functional groups attached to an aromatic ring is 1. The number of rotatable bonds is 4. The van der Waals surface area contributed by atoms with Gasteiger partial charge in [0.05, 0.1) is 17.1 Å². The molecule has 0 aliphatic carbocycles. The SMILES string of the molecule is CC(C)c1nc(-c2c(F)cccc2Cl)c(N)n1Cc1ccccc1. The van der Waals surface area contributed by atoms with Crippen molar-refractivity contribution in [3.8, 4) is 11.3 Å². The van der Waals surface area contributed by atoms with Crippen LogP contribution in [0.3, 0.4) is 0 Å². The highest BCUT2D eigenvalue weighted by Gasteiger charge is 2.22. The molecule has 0 aliphatic rings. The molecule has 0 radical (unpaired) electrons. The molecule has 5 heteroatoms. The molecule has 1 aromatic heterocycles. The number of aromatic nitrogens is 2. The average Bonchev–Trinajstić information content (AvgIpc) is 2.86. The third kappa shape index (κ3) is 3.02. The van der Waals surface area contributed by atoms with Crippen LogP contribution < -0.4 is 5.73 Å². The number of nitrogens with zero attached hydrogens (tertiary/aromatic N) is 2. The number of nitrogens with two attached hydrogens (primary N) is 1. The summed E-state index contributed by atoms with van der Waals surface area (Å²) in [6.45, 7) is 4.66. The highest BCUT2D eigenvalue weighted by molar-refractivity contribution is 6.33. The zero-order chi connectivity index (χ0) is 17.3. The Morgan fingerprint density at radius 2 is 1.83 bits per heavy atom. The summed E-state index contributed by atoms with van der Waals surface area (Å²) in [6, 6.07) is 14.6. The first-order valence-electron chi connectivity index (χ1n) is 7.83. The largest absolute Gasteiger partial charge is 0.383 e. The fourth-order valence-corrected chi connectivity index (χ4v) is 3.02. The minimum absolute atomic E-state index is 0.148. The summed E-state index contributed by atoms with van der Waals surface area (Å²) in [5.74, 6) is 0.962. The minimum Gasteiger partial charge on any atom is -0.383 e. The molecule has 3 aromatic rings. The molecule has 124 valence electrons. The summed E-state index contributed by atoms with van der Waals surface area (Å²) in [7, 11) is 0. The van der Waals surface area contributed by atoms with Gasteiger partial charge in [0.25, 0.3) is 0 Å². The summed E-state index contributed by atoms with van der Waals surface area (Å²) < 4.78 is 16.2. The van der Waals surface area contributed by atoms with E-state index in [4.69, 9.17) is 17.3 Å². The number of hydrogen-bond acceptors (Lipinski definition) is 2. The van der Waals surface area contributed by atoms with Crippen LogP contribution in [-0.2, 0) is 6.54 Å². The first kappa shape index (κ1) is 16.5. The molecule has 1 heterocycles. The number of halogens is 2. The summed E-state index contributed by atoms with van der Waals surface area (Å²) in [5.41, 5.74) is 8.10. The van der Waals surface area contributed by atoms with Crippen LogP contribution >= 0.6 is 11.6 Å². The van der Waals surface area contributed by atoms with Gasteiger partial charge in [-0.2, -0.15) is 0 Å². The Kier molecular flexibility index (Phi) is 4.58. The van der Waals surface area contributed by atoms with Crippen molar-refractivity contribution in [2.24, 2.45) is 0 Å². The quantitative estimate of drug-likeness (QED) is 0.716. The van der Waals surface area contributed by atoms with Crippen LogP contribution in [0.15, 0.2) is 48.5 Å². The summed E-state index contributed by atoms with van der Waals surface area (Å²) in [6.07, 6.45) is 0. The van der Waals surface area contributed by atoms with Crippen LogP contribution in [0.25, 0.3) is 11.3 Å². The molecule has 0 atom stereocenters. The van der Waals surface area contributed by atoms with E-state index >= 15 is 0 Å². The zero-order valence-corrected chi connectivity index (χ0v) is 14.4. The average molecular weight is 344 g/mol. The Hall–Kier alpha value is -2.33. The zero-order valence-electron chi connectivity index (χ0n) is 13.6. The van der Waals surface area contributed by atoms with E-state index in [9.17, 15) is 4.39 Å². The van der Waals surface area contributed by atoms with E-state index in [0.29, 0.717) is 23.1 Å². The van der Waals surface area contributed by atoms with E-state index < -0.39 is 5.82 Å². The third-order valence-corrected chi connectivity index (χ3v) is 4.25. The molecule has 3 nitrogen and oxygen atoms in total. The van der Waals surface area contributed by atoms with Crippen molar-refractivity contribution in [2.45, 2.75) is 26.3 Å². The monoisotopic (exact) mass is 343 g/mol. The van der Waals surface area contributed by atoms with Crippen LogP contribution in [0, 0.1) is 5.82 Å². The smallest absolute Gasteiger partial charge is 0.134 e. The van der Waals surface area contributed by atoms with E-state index in [1.807, 2.05) is 48.7 Å². The maximum Gasteiger partial charge on any atom is 0.134 e. The number of imidazole rings is 1. The van der Waals surface area contributed by atoms with Gasteiger partial charge in [-0.15, -0.1) is 0 Å². The van der Waals surface area contributed by atoms with Crippen molar-refractivity contribution in [3.63, 3.8) is 0 Å². The molecule has 0 saturated carbocycles. The van der Waals surface area contributed by atoms with Gasteiger partial charge >= 0.3 is 0 Å². The lowest BCUT2D eigenvalue weighted by Crippen LogP contribution is -2.09. The molecule has 3 rings (SSSR count). The van der Waals surface area contributed by atoms with Crippen molar-refractivity contribution in [1.29, 1.82) is 0 Å². The van der Waals surface area contributed by atoms with Gasteiger partial charge in [0, 0.05) is 5.92 Å². The van der Waals surface area contributed by atoms with Gasteiger partial charge < -0.3 is 10.3 Å². The molecule has 0 amide bonds. The number of benzene rings is 2. The van der Waals surface area contributed by atoms with Crippen LogP contribution in [0.2, 0.25) is 5.02 Å². The highest BCUT2D eigenvalue weighted by atomic mass is 35.5. The third-order valence-electron chi connectivity index (χ3n) is 3.94. The molecule has 24 heavy (non-hydrogen) atoms. The van der Waals surface area contributed by atoms with E-state index in [1.165, 1.54) is 6.07 Å². The van der Waals surface area contributed by atoms with Crippen LogP contribution in [0.4, 0.5) is 10.2 Å². The Bertz CT molecular complexity index is 836. The van der Waals surface area contributed by atoms with Gasteiger partial charge in [-0.05, 0) is 17.7 Å². The van der Waals surface area contributed by atoms with E-state index in [1.54, 1.807) is 12.1 Å². The maximum atomic E-state index is 14.3. The Morgan fingerprint density at radius 1 is 1.12 bits per heavy atom. The Morgan fingerprint density at radius 3 is 2.46 bits per heavy atom. The topological polar surface area (TPSA) is 43.8 Å². The van der Waals surface area contributed by atoms with Crippen molar-refractivity contribution < 1.29 is 4.39 Å². The molecule has 0 fully saturated rings. The second-order valence-corrected chi connectivity index (χ2v) is 6.43. The molecule has 0 saturated heterocycles. The minimum atomic E-state index is -0.422. The number of anilines is 1. The fraction of sp³-hybridized carbons (Fsp3) is 0.211. The lowest BCUT2D eigenvalue weighted by Gasteiger charge is -2.12. The first-order valence-corrected chi connectivity index (χ1v) is 8.21. The van der Waals surface area contributed by atoms with Crippen LogP contribution in [-0.4, -0.2) is 9.55 Å². The van der Waals surface area contributed by atoms with E-state index in [-0.39, 0.29) is 11.5 Å². The van der Waals surface area contributed by atoms with Gasteiger partial charge in [0.15, 0.2) is 0 Å². The van der Waals surface area contributed by atoms with Crippen LogP contribution in [0.1, 0.15) is 31.2 Å². The van der Waals surface area contributed by atoms with Gasteiger partial charge in [-0.25, -0.2) is 9.37 Å². The summed E-state index contributed by atoms with van der Waals surface area (Å²) in [4.78, 5) is 4.61. The van der Waals surface area contributed by atoms with E-state index in [2.05, 4.69) is 4.98 Å². The second kappa shape index (κ2) is 6.65. The Labute approximate surface area is 145 Å². The molecule has 0 unspecified atom stereocenters. The lowest BCUT2D eigenvalue weighted by atomic mass is 10.1. The lowest BCUT2D eigenvalue weighted by molar-refractivity contribution is 0.631. The molecule has 0 spiro atoms. The highest BCUT2D eigenvalue weighted by Crippen LogP contribution is 2.35. The Balaban J connectivity index is 2.15. The molecule has 2 aromatic carbocycles. The van der Waals surface area contributed by atoms with Gasteiger partial charge in [-0.3, -0.25) is 0 Å². The van der Waals surface area contributed by atoms with Gasteiger partial charge in [0.2, 0.25) is 0 Å². The van der Waals surface area contributed by atoms with Crippen molar-refractivity contribution in [2.75, 3.05) is 5.73 Å². The number of hydrogen-bond donors (Lipinski definition) is 1. The van der Waals surface area contributed by atoms with Gasteiger partial charge in [-0.1, -0.05) is 61.8 Å². The molecular weight excluding hydrogens is 325 g/mol. The van der Waals surface area contributed by atoms with Crippen molar-refractivity contribution >= 4 is 17.4 Å². The van der Waals surface area contributed by atoms with Crippen molar-refractivity contribution in [1.82, 2.24) is 9.55 Å². The predicted octanol–water partition coefficient (Wildman–Crippen LogP) is 5.10.